The topological polar surface area (TPSA) is 55.7 Å². The fraction of sp³-hybridized carbons (Fsp3) is 0.211. The molecule has 0 saturated carbocycles. The Morgan fingerprint density at radius 1 is 1.15 bits per heavy atom. The molecule has 0 amide bonds. The Kier molecular flexibility index (Phi) is 8.89. The summed E-state index contributed by atoms with van der Waals surface area (Å²) in [6.45, 7) is 1.25. The van der Waals surface area contributed by atoms with Crippen LogP contribution in [-0.2, 0) is 9.63 Å². The van der Waals surface area contributed by atoms with Crippen molar-refractivity contribution in [3.63, 3.8) is 0 Å². The van der Waals surface area contributed by atoms with Crippen molar-refractivity contribution >= 4 is 68.5 Å². The summed E-state index contributed by atoms with van der Waals surface area (Å²) in [4.78, 5) is 30.8. The van der Waals surface area contributed by atoms with Gasteiger partial charge in [0.15, 0.2) is 0 Å². The number of carbonyl (C=O) groups is 2. The largest absolute Gasteiger partial charge is 0.331 e. The molecule has 2 aromatic carbocycles. The Bertz CT molecular complexity index is 857. The molecule has 2 rings (SSSR count). The second-order valence-corrected chi connectivity index (χ2v) is 8.69. The van der Waals surface area contributed by atoms with Gasteiger partial charge in [0, 0.05) is 43.9 Å². The van der Waals surface area contributed by atoms with E-state index < -0.39 is 5.97 Å². The van der Waals surface area contributed by atoms with Crippen molar-refractivity contribution in [3.05, 3.63) is 57.5 Å². The zero-order valence-corrected chi connectivity index (χ0v) is 18.7. The van der Waals surface area contributed by atoms with Gasteiger partial charge in [-0.1, -0.05) is 16.8 Å². The molecule has 0 aliphatic rings. The predicted molar refractivity (Wildman–Crippen MR) is 116 cm³/mol. The van der Waals surface area contributed by atoms with Crippen molar-refractivity contribution in [2.45, 2.75) is 23.1 Å². The number of thioether (sulfide) groups is 2. The zero-order chi connectivity index (χ0) is 19.8. The molecule has 0 aromatic heterocycles. The van der Waals surface area contributed by atoms with Gasteiger partial charge in [-0.15, -0.1) is 23.5 Å². The molecule has 0 aliphatic heterocycles. The van der Waals surface area contributed by atoms with Crippen LogP contribution in [0.4, 0.5) is 0 Å². The Balaban J connectivity index is 2.13. The summed E-state index contributed by atoms with van der Waals surface area (Å²) in [5.74, 6) is -0.233. The van der Waals surface area contributed by atoms with E-state index in [4.69, 9.17) is 16.4 Å². The number of hydrogen-bond acceptors (Lipinski definition) is 6. The number of halogens is 2. The molecular weight excluding hydrogens is 470 g/mol. The molecule has 142 valence electrons. The van der Waals surface area contributed by atoms with Crippen LogP contribution in [0.15, 0.2) is 61.9 Å². The van der Waals surface area contributed by atoms with Gasteiger partial charge in [0.25, 0.3) is 0 Å². The van der Waals surface area contributed by atoms with Gasteiger partial charge in [0.1, 0.15) is 5.71 Å². The summed E-state index contributed by atoms with van der Waals surface area (Å²) in [6, 6.07) is 12.9. The minimum atomic E-state index is -0.567. The maximum atomic E-state index is 12.9. The first-order valence-electron chi connectivity index (χ1n) is 7.91. The lowest BCUT2D eigenvalue weighted by molar-refractivity contribution is -0.140. The van der Waals surface area contributed by atoms with E-state index in [-0.39, 0.29) is 11.5 Å². The maximum Gasteiger partial charge on any atom is 0.331 e. The van der Waals surface area contributed by atoms with E-state index >= 15 is 0 Å². The summed E-state index contributed by atoms with van der Waals surface area (Å²) < 4.78 is 0.681. The minimum absolute atomic E-state index is 0.198. The van der Waals surface area contributed by atoms with Crippen molar-refractivity contribution in [1.29, 1.82) is 0 Å². The third-order valence-electron chi connectivity index (χ3n) is 3.39. The van der Waals surface area contributed by atoms with E-state index in [1.54, 1.807) is 29.6 Å². The molecule has 2 aromatic rings. The fourth-order valence-electron chi connectivity index (χ4n) is 2.08. The van der Waals surface area contributed by atoms with E-state index in [0.717, 1.165) is 9.79 Å². The average molecular weight is 487 g/mol. The number of hydrogen-bond donors (Lipinski definition) is 0. The smallest absolute Gasteiger partial charge is 0.318 e. The molecule has 0 saturated heterocycles. The second-order valence-electron chi connectivity index (χ2n) is 5.35. The molecule has 8 heteroatoms. The third kappa shape index (κ3) is 6.99. The van der Waals surface area contributed by atoms with Crippen LogP contribution in [0.2, 0.25) is 5.02 Å². The second kappa shape index (κ2) is 10.9. The number of benzene rings is 2. The molecular formula is C19H17BrClNO3S2. The fourth-order valence-corrected chi connectivity index (χ4v) is 4.21. The first-order valence-corrected chi connectivity index (χ1v) is 11.3. The average Bonchev–Trinajstić information content (AvgIpc) is 2.65. The number of rotatable bonds is 8. The monoisotopic (exact) mass is 485 g/mol. The van der Waals surface area contributed by atoms with Gasteiger partial charge in [-0.3, -0.25) is 4.79 Å². The van der Waals surface area contributed by atoms with E-state index in [9.17, 15) is 9.59 Å². The summed E-state index contributed by atoms with van der Waals surface area (Å²) in [5, 5.41) is 4.46. The number of nitrogens with zero attached hydrogens (tertiary/aromatic N) is 1. The Morgan fingerprint density at radius 2 is 1.81 bits per heavy atom. The molecule has 0 aliphatic carbocycles. The van der Waals surface area contributed by atoms with E-state index in [1.807, 2.05) is 42.7 Å². The van der Waals surface area contributed by atoms with Gasteiger partial charge in [-0.25, -0.2) is 4.79 Å². The van der Waals surface area contributed by atoms with Crippen LogP contribution >= 0.6 is 51.1 Å². The van der Waals surface area contributed by atoms with E-state index in [2.05, 4.69) is 21.1 Å². The Hall–Kier alpha value is -1.28. The molecule has 4 nitrogen and oxygen atoms in total. The molecule has 0 heterocycles. The number of carbonyl (C=O) groups excluding carboxylic acids is 2. The highest BCUT2D eigenvalue weighted by molar-refractivity contribution is 9.10. The lowest BCUT2D eigenvalue weighted by Gasteiger charge is -2.08. The van der Waals surface area contributed by atoms with E-state index in [1.165, 1.54) is 6.92 Å². The van der Waals surface area contributed by atoms with E-state index in [0.29, 0.717) is 27.2 Å². The van der Waals surface area contributed by atoms with Crippen LogP contribution in [0.3, 0.4) is 0 Å². The minimum Gasteiger partial charge on any atom is -0.318 e. The van der Waals surface area contributed by atoms with Crippen molar-refractivity contribution in [2.75, 3.05) is 12.0 Å². The quantitative estimate of drug-likeness (QED) is 0.148. The molecule has 0 spiro atoms. The SMILES string of the molecule is CSc1ccc(C(=O)/C(CCSc2ccc(Cl)cc2)=N/OC(C)=O)c(Br)c1. The molecule has 0 bridgehead atoms. The molecule has 27 heavy (non-hydrogen) atoms. The first-order chi connectivity index (χ1) is 12.9. The highest BCUT2D eigenvalue weighted by Gasteiger charge is 2.18. The normalized spacial score (nSPS) is 11.3. The highest BCUT2D eigenvalue weighted by atomic mass is 79.9. The number of Topliss-reactive ketones (excluding diaryl/α,β-unsaturated/α-hetero) is 1. The third-order valence-corrected chi connectivity index (χ3v) is 6.04. The zero-order valence-electron chi connectivity index (χ0n) is 14.7. The standard InChI is InChI=1S/C19H17BrClNO3S2/c1-12(23)25-22-18(9-10-27-14-5-3-13(21)4-6-14)19(24)16-8-7-15(26-2)11-17(16)20/h3-8,11H,9-10H2,1-2H3/b22-18+. The summed E-state index contributed by atoms with van der Waals surface area (Å²) in [5.41, 5.74) is 0.680. The Morgan fingerprint density at radius 3 is 2.41 bits per heavy atom. The lowest BCUT2D eigenvalue weighted by atomic mass is 10.1. The number of ketones is 1. The molecule has 0 fully saturated rings. The van der Waals surface area contributed by atoms with Crippen molar-refractivity contribution < 1.29 is 14.4 Å². The van der Waals surface area contributed by atoms with Crippen LogP contribution in [0.25, 0.3) is 0 Å². The molecule has 0 unspecified atom stereocenters. The van der Waals surface area contributed by atoms with Crippen LogP contribution in [0, 0.1) is 0 Å². The van der Waals surface area contributed by atoms with Crippen LogP contribution < -0.4 is 0 Å². The van der Waals surface area contributed by atoms with Gasteiger partial charge in [-0.05, 0) is 64.7 Å². The van der Waals surface area contributed by atoms with Gasteiger partial charge < -0.3 is 4.84 Å². The van der Waals surface area contributed by atoms with Gasteiger partial charge >= 0.3 is 5.97 Å². The summed E-state index contributed by atoms with van der Waals surface area (Å²) in [6.07, 6.45) is 2.32. The maximum absolute atomic E-state index is 12.9. The molecule has 0 atom stereocenters. The number of oxime groups is 1. The molecule has 0 radical (unpaired) electrons. The van der Waals surface area contributed by atoms with Crippen molar-refractivity contribution in [1.82, 2.24) is 0 Å². The van der Waals surface area contributed by atoms with Crippen LogP contribution in [-0.4, -0.2) is 29.5 Å². The lowest BCUT2D eigenvalue weighted by Crippen LogP contribution is -2.17. The predicted octanol–water partition coefficient (Wildman–Crippen LogP) is 6.11. The van der Waals surface area contributed by atoms with Crippen molar-refractivity contribution in [3.8, 4) is 0 Å². The summed E-state index contributed by atoms with van der Waals surface area (Å²) in [7, 11) is 0. The summed E-state index contributed by atoms with van der Waals surface area (Å²) >= 11 is 12.5. The van der Waals surface area contributed by atoms with Crippen LogP contribution in [0.1, 0.15) is 23.7 Å². The first kappa shape index (κ1) is 22.0. The van der Waals surface area contributed by atoms with Crippen molar-refractivity contribution in [2.24, 2.45) is 5.16 Å². The highest BCUT2D eigenvalue weighted by Crippen LogP contribution is 2.26. The molecule has 0 N–H and O–H groups in total. The Labute approximate surface area is 180 Å². The van der Waals surface area contributed by atoms with Crippen LogP contribution in [0.5, 0.6) is 0 Å². The van der Waals surface area contributed by atoms with Gasteiger partial charge in [0.05, 0.1) is 0 Å². The van der Waals surface area contributed by atoms with Gasteiger partial charge in [-0.2, -0.15) is 0 Å². The van der Waals surface area contributed by atoms with Gasteiger partial charge in [0.2, 0.25) is 5.78 Å².